The smallest absolute Gasteiger partial charge is 0.133 e. The Morgan fingerprint density at radius 1 is 1.00 bits per heavy atom. The predicted molar refractivity (Wildman–Crippen MR) is 75.7 cm³/mol. The van der Waals surface area contributed by atoms with E-state index in [0.717, 1.165) is 22.1 Å². The molecule has 1 nitrogen and oxygen atoms in total. The molecule has 88 valence electrons. The lowest BCUT2D eigenvalue weighted by Gasteiger charge is -2.03. The van der Waals surface area contributed by atoms with Crippen LogP contribution in [-0.2, 0) is 11.5 Å². The summed E-state index contributed by atoms with van der Waals surface area (Å²) in [5.41, 5.74) is 2.34. The van der Waals surface area contributed by atoms with Crippen LogP contribution in [0.1, 0.15) is 11.1 Å². The number of aromatic nitrogens is 1. The molecule has 17 heavy (non-hydrogen) atoms. The van der Waals surface area contributed by atoms with E-state index in [2.05, 4.69) is 4.98 Å². The molecule has 0 aliphatic carbocycles. The summed E-state index contributed by atoms with van der Waals surface area (Å²) in [5, 5.41) is 1.37. The van der Waals surface area contributed by atoms with Crippen LogP contribution in [0.4, 0.5) is 0 Å². The number of benzene rings is 1. The lowest BCUT2D eigenvalue weighted by Crippen LogP contribution is -1.86. The highest BCUT2D eigenvalue weighted by Crippen LogP contribution is 2.22. The number of nitrogens with zero attached hydrogens (tertiary/aromatic N) is 1. The number of thioether (sulfide) groups is 1. The third kappa shape index (κ3) is 3.91. The van der Waals surface area contributed by atoms with Gasteiger partial charge >= 0.3 is 0 Å². The summed E-state index contributed by atoms with van der Waals surface area (Å²) in [7, 11) is 0. The van der Waals surface area contributed by atoms with Gasteiger partial charge in [-0.3, -0.25) is 0 Å². The number of hydrogen-bond acceptors (Lipinski definition) is 2. The van der Waals surface area contributed by atoms with Gasteiger partial charge < -0.3 is 0 Å². The number of halogens is 2. The molecule has 2 aromatic rings. The van der Waals surface area contributed by atoms with E-state index in [1.807, 2.05) is 48.2 Å². The summed E-state index contributed by atoms with van der Waals surface area (Å²) in [4.78, 5) is 4.05. The van der Waals surface area contributed by atoms with E-state index in [9.17, 15) is 0 Å². The molecule has 0 spiro atoms. The minimum Gasteiger partial charge on any atom is -0.244 e. The van der Waals surface area contributed by atoms with Crippen LogP contribution in [0, 0.1) is 0 Å². The summed E-state index contributed by atoms with van der Waals surface area (Å²) < 4.78 is 0. The number of pyridine rings is 1. The van der Waals surface area contributed by atoms with E-state index in [1.165, 1.54) is 5.56 Å². The van der Waals surface area contributed by atoms with Gasteiger partial charge in [-0.2, -0.15) is 11.8 Å². The van der Waals surface area contributed by atoms with Gasteiger partial charge in [0.05, 0.1) is 0 Å². The van der Waals surface area contributed by atoms with Crippen LogP contribution >= 0.6 is 35.0 Å². The molecule has 0 N–H and O–H groups in total. The van der Waals surface area contributed by atoms with Gasteiger partial charge in [-0.1, -0.05) is 41.4 Å². The molecule has 0 unspecified atom stereocenters. The van der Waals surface area contributed by atoms with Crippen molar-refractivity contribution in [3.8, 4) is 0 Å². The molecule has 1 aromatic carbocycles. The molecule has 0 radical (unpaired) electrons. The zero-order chi connectivity index (χ0) is 12.1. The molecular formula is C13H11Cl2NS. The van der Waals surface area contributed by atoms with Gasteiger partial charge in [0.15, 0.2) is 0 Å². The van der Waals surface area contributed by atoms with E-state index in [4.69, 9.17) is 23.2 Å². The second-order valence-electron chi connectivity index (χ2n) is 3.57. The minimum absolute atomic E-state index is 0.594. The Hall–Kier alpha value is -0.700. The second-order valence-corrected chi connectivity index (χ2v) is 5.35. The van der Waals surface area contributed by atoms with Crippen molar-refractivity contribution in [2.75, 3.05) is 0 Å². The molecule has 0 saturated carbocycles. The van der Waals surface area contributed by atoms with E-state index < -0.39 is 0 Å². The van der Waals surface area contributed by atoms with Gasteiger partial charge in [0.1, 0.15) is 5.15 Å². The Kier molecular flexibility index (Phi) is 4.72. The van der Waals surface area contributed by atoms with Crippen LogP contribution in [-0.4, -0.2) is 4.98 Å². The maximum atomic E-state index is 5.98. The van der Waals surface area contributed by atoms with Crippen LogP contribution in [0.3, 0.4) is 0 Å². The Bertz CT molecular complexity index is 485. The van der Waals surface area contributed by atoms with Crippen molar-refractivity contribution in [2.24, 2.45) is 0 Å². The van der Waals surface area contributed by atoms with Crippen LogP contribution in [0.25, 0.3) is 0 Å². The Morgan fingerprint density at radius 2 is 1.76 bits per heavy atom. The van der Waals surface area contributed by atoms with Crippen molar-refractivity contribution in [1.82, 2.24) is 4.98 Å². The third-order valence-electron chi connectivity index (χ3n) is 2.28. The van der Waals surface area contributed by atoms with Gasteiger partial charge in [-0.05, 0) is 29.3 Å². The molecule has 0 amide bonds. The zero-order valence-electron chi connectivity index (χ0n) is 9.07. The summed E-state index contributed by atoms with van der Waals surface area (Å²) in [5.74, 6) is 1.82. The molecule has 0 saturated heterocycles. The molecule has 0 aliphatic heterocycles. The van der Waals surface area contributed by atoms with Crippen LogP contribution < -0.4 is 0 Å². The fourth-order valence-electron chi connectivity index (χ4n) is 1.39. The normalized spacial score (nSPS) is 10.5. The lowest BCUT2D eigenvalue weighted by atomic mass is 10.2. The van der Waals surface area contributed by atoms with Crippen molar-refractivity contribution in [3.05, 3.63) is 63.9 Å². The molecule has 0 fully saturated rings. The average molecular weight is 284 g/mol. The SMILES string of the molecule is Clc1ccc(CSCc2cccnc2Cl)cc1. The largest absolute Gasteiger partial charge is 0.244 e. The van der Waals surface area contributed by atoms with E-state index in [-0.39, 0.29) is 0 Å². The Labute approximate surface area is 115 Å². The topological polar surface area (TPSA) is 12.9 Å². The Balaban J connectivity index is 1.88. The molecule has 0 aliphatic rings. The van der Waals surface area contributed by atoms with Gasteiger partial charge in [-0.25, -0.2) is 4.98 Å². The molecule has 2 rings (SSSR count). The summed E-state index contributed by atoms with van der Waals surface area (Å²) in [6, 6.07) is 11.8. The minimum atomic E-state index is 0.594. The molecule has 1 heterocycles. The van der Waals surface area contributed by atoms with Crippen LogP contribution in [0.2, 0.25) is 10.2 Å². The third-order valence-corrected chi connectivity index (χ3v) is 3.92. The summed E-state index contributed by atoms with van der Waals surface area (Å²) in [6.07, 6.45) is 1.70. The molecule has 0 bridgehead atoms. The summed E-state index contributed by atoms with van der Waals surface area (Å²) >= 11 is 13.6. The van der Waals surface area contributed by atoms with Crippen molar-refractivity contribution < 1.29 is 0 Å². The van der Waals surface area contributed by atoms with Gasteiger partial charge in [0.25, 0.3) is 0 Å². The maximum absolute atomic E-state index is 5.98. The predicted octanol–water partition coefficient (Wildman–Crippen LogP) is 4.82. The first-order chi connectivity index (χ1) is 8.25. The maximum Gasteiger partial charge on any atom is 0.133 e. The fourth-order valence-corrected chi connectivity index (χ4v) is 2.76. The van der Waals surface area contributed by atoms with E-state index in [1.54, 1.807) is 6.20 Å². The second kappa shape index (κ2) is 6.29. The monoisotopic (exact) mass is 283 g/mol. The number of rotatable bonds is 4. The highest BCUT2D eigenvalue weighted by molar-refractivity contribution is 7.97. The molecule has 4 heteroatoms. The quantitative estimate of drug-likeness (QED) is 0.746. The average Bonchev–Trinajstić information content (AvgIpc) is 2.34. The first-order valence-electron chi connectivity index (χ1n) is 5.17. The molecular weight excluding hydrogens is 273 g/mol. The van der Waals surface area contributed by atoms with Crippen molar-refractivity contribution >= 4 is 35.0 Å². The van der Waals surface area contributed by atoms with Crippen LogP contribution in [0.15, 0.2) is 42.6 Å². The van der Waals surface area contributed by atoms with Gasteiger partial charge in [0, 0.05) is 22.7 Å². The summed E-state index contributed by atoms with van der Waals surface area (Å²) in [6.45, 7) is 0. The van der Waals surface area contributed by atoms with Crippen LogP contribution in [0.5, 0.6) is 0 Å². The van der Waals surface area contributed by atoms with Gasteiger partial charge in [0.2, 0.25) is 0 Å². The first-order valence-corrected chi connectivity index (χ1v) is 7.08. The number of hydrogen-bond donors (Lipinski definition) is 0. The standard InChI is InChI=1S/C13H11Cl2NS/c14-12-5-3-10(4-6-12)8-17-9-11-2-1-7-16-13(11)15/h1-7H,8-9H2. The Morgan fingerprint density at radius 3 is 2.47 bits per heavy atom. The van der Waals surface area contributed by atoms with Gasteiger partial charge in [-0.15, -0.1) is 0 Å². The highest BCUT2D eigenvalue weighted by Gasteiger charge is 2.00. The van der Waals surface area contributed by atoms with E-state index >= 15 is 0 Å². The zero-order valence-corrected chi connectivity index (χ0v) is 11.4. The molecule has 0 atom stereocenters. The first kappa shape index (κ1) is 12.7. The fraction of sp³-hybridized carbons (Fsp3) is 0.154. The molecule has 1 aromatic heterocycles. The lowest BCUT2D eigenvalue weighted by molar-refractivity contribution is 1.25. The van der Waals surface area contributed by atoms with E-state index in [0.29, 0.717) is 5.15 Å². The highest BCUT2D eigenvalue weighted by atomic mass is 35.5. The van der Waals surface area contributed by atoms with Crippen molar-refractivity contribution in [2.45, 2.75) is 11.5 Å². The van der Waals surface area contributed by atoms with Crippen molar-refractivity contribution in [3.63, 3.8) is 0 Å². The van der Waals surface area contributed by atoms with Crippen molar-refractivity contribution in [1.29, 1.82) is 0 Å².